The summed E-state index contributed by atoms with van der Waals surface area (Å²) in [7, 11) is 0. The maximum atomic E-state index is 11.3. The van der Waals surface area contributed by atoms with E-state index < -0.39 is 0 Å². The van der Waals surface area contributed by atoms with Gasteiger partial charge in [0.05, 0.1) is 4.92 Å². The summed E-state index contributed by atoms with van der Waals surface area (Å²) in [5.74, 6) is 1.96. The van der Waals surface area contributed by atoms with Crippen molar-refractivity contribution in [3.8, 4) is 0 Å². The van der Waals surface area contributed by atoms with Crippen molar-refractivity contribution >= 4 is 11.5 Å². The van der Waals surface area contributed by atoms with Gasteiger partial charge in [0.25, 0.3) is 0 Å². The Balaban J connectivity index is 2.11. The Morgan fingerprint density at radius 2 is 2.24 bits per heavy atom. The quantitative estimate of drug-likeness (QED) is 0.640. The van der Waals surface area contributed by atoms with Crippen LogP contribution >= 0.6 is 0 Å². The number of nitrogens with one attached hydrogen (secondary N) is 1. The van der Waals surface area contributed by atoms with Crippen LogP contribution in [0.4, 0.5) is 11.5 Å². The highest BCUT2D eigenvalue weighted by molar-refractivity contribution is 5.59. The third-order valence-electron chi connectivity index (χ3n) is 4.32. The molecule has 1 aliphatic rings. The molecular weight excluding hydrogens is 268 g/mol. The zero-order valence-corrected chi connectivity index (χ0v) is 13.3. The van der Waals surface area contributed by atoms with Crippen LogP contribution in [0.1, 0.15) is 51.6 Å². The Bertz CT molecular complexity index is 498. The second-order valence-electron chi connectivity index (χ2n) is 6.28. The molecule has 21 heavy (non-hydrogen) atoms. The van der Waals surface area contributed by atoms with E-state index >= 15 is 0 Å². The highest BCUT2D eigenvalue weighted by atomic mass is 16.6. The van der Waals surface area contributed by atoms with E-state index in [0.717, 1.165) is 18.9 Å². The van der Waals surface area contributed by atoms with Crippen LogP contribution in [-0.2, 0) is 6.54 Å². The van der Waals surface area contributed by atoms with Gasteiger partial charge in [-0.3, -0.25) is 10.1 Å². The van der Waals surface area contributed by atoms with E-state index in [9.17, 15) is 10.1 Å². The summed E-state index contributed by atoms with van der Waals surface area (Å²) >= 11 is 0. The van der Waals surface area contributed by atoms with Crippen LogP contribution in [0, 0.1) is 28.9 Å². The van der Waals surface area contributed by atoms with Gasteiger partial charge in [-0.1, -0.05) is 26.7 Å². The van der Waals surface area contributed by atoms with Crippen LogP contribution in [0.25, 0.3) is 0 Å². The number of rotatable bonds is 6. The zero-order chi connectivity index (χ0) is 15.4. The Labute approximate surface area is 126 Å². The van der Waals surface area contributed by atoms with Crippen molar-refractivity contribution in [2.75, 3.05) is 11.9 Å². The number of hydrogen-bond donors (Lipinski definition) is 1. The molecule has 0 aliphatic heterocycles. The van der Waals surface area contributed by atoms with Crippen molar-refractivity contribution < 1.29 is 4.92 Å². The lowest BCUT2D eigenvalue weighted by molar-refractivity contribution is -0.384. The topological polar surface area (TPSA) is 73.0 Å². The summed E-state index contributed by atoms with van der Waals surface area (Å²) in [5.41, 5.74) is 0.625. The van der Waals surface area contributed by atoms with Crippen molar-refractivity contribution in [3.05, 3.63) is 15.8 Å². The molecule has 1 aromatic rings. The minimum Gasteiger partial charge on any atom is -0.364 e. The average Bonchev–Trinajstić information content (AvgIpc) is 2.73. The van der Waals surface area contributed by atoms with Crippen molar-refractivity contribution in [2.45, 2.75) is 59.4 Å². The van der Waals surface area contributed by atoms with Crippen LogP contribution in [0.2, 0.25) is 0 Å². The minimum absolute atomic E-state index is 0.132. The van der Waals surface area contributed by atoms with Gasteiger partial charge in [0.15, 0.2) is 0 Å². The Morgan fingerprint density at radius 3 is 2.86 bits per heavy atom. The molecule has 0 saturated heterocycles. The molecule has 6 nitrogen and oxygen atoms in total. The van der Waals surface area contributed by atoms with Crippen LogP contribution in [0.5, 0.6) is 0 Å². The lowest BCUT2D eigenvalue weighted by atomic mass is 9.82. The molecule has 0 radical (unpaired) electrons. The highest BCUT2D eigenvalue weighted by Crippen LogP contribution is 2.32. The first-order chi connectivity index (χ1) is 10.0. The number of aryl methyl sites for hydroxylation is 2. The van der Waals surface area contributed by atoms with E-state index in [0.29, 0.717) is 24.0 Å². The molecule has 0 bridgehead atoms. The molecule has 6 heteroatoms. The number of hydrogen-bond acceptors (Lipinski definition) is 4. The normalized spacial score (nSPS) is 22.2. The van der Waals surface area contributed by atoms with Gasteiger partial charge in [0, 0.05) is 13.1 Å². The van der Waals surface area contributed by atoms with Crippen LogP contribution in [0.3, 0.4) is 0 Å². The maximum absolute atomic E-state index is 11.3. The van der Waals surface area contributed by atoms with Gasteiger partial charge in [-0.15, -0.1) is 0 Å². The molecule has 2 atom stereocenters. The van der Waals surface area contributed by atoms with Gasteiger partial charge < -0.3 is 5.32 Å². The van der Waals surface area contributed by atoms with Crippen LogP contribution in [0.15, 0.2) is 0 Å². The Hall–Kier alpha value is -1.59. The van der Waals surface area contributed by atoms with Gasteiger partial charge in [-0.25, -0.2) is 4.68 Å². The summed E-state index contributed by atoms with van der Waals surface area (Å²) in [6.07, 6.45) is 5.91. The third kappa shape index (κ3) is 3.74. The first-order valence-corrected chi connectivity index (χ1v) is 7.98. The van der Waals surface area contributed by atoms with E-state index in [4.69, 9.17) is 0 Å². The molecule has 1 aromatic heterocycles. The van der Waals surface area contributed by atoms with Gasteiger partial charge in [0.2, 0.25) is 5.82 Å². The standard InChI is InChI=1S/C15H26N4O2/c1-4-8-18-15(14(19(20)21)12(3)17-18)16-10-13-7-5-6-11(2)9-13/h11,13,16H,4-10H2,1-3H3. The molecule has 2 unspecified atom stereocenters. The number of nitrogens with zero attached hydrogens (tertiary/aromatic N) is 3. The summed E-state index contributed by atoms with van der Waals surface area (Å²) < 4.78 is 1.75. The lowest BCUT2D eigenvalue weighted by Crippen LogP contribution is -2.22. The first-order valence-electron chi connectivity index (χ1n) is 7.98. The molecular formula is C15H26N4O2. The fourth-order valence-electron chi connectivity index (χ4n) is 3.33. The second kappa shape index (κ2) is 6.91. The monoisotopic (exact) mass is 294 g/mol. The van der Waals surface area contributed by atoms with E-state index in [1.54, 1.807) is 11.6 Å². The van der Waals surface area contributed by atoms with Crippen molar-refractivity contribution in [1.82, 2.24) is 9.78 Å². The molecule has 2 rings (SSSR count). The van der Waals surface area contributed by atoms with Gasteiger partial charge >= 0.3 is 5.69 Å². The summed E-state index contributed by atoms with van der Waals surface area (Å²) in [6, 6.07) is 0. The molecule has 1 fully saturated rings. The van der Waals surface area contributed by atoms with Crippen LogP contribution < -0.4 is 5.32 Å². The smallest absolute Gasteiger partial charge is 0.333 e. The zero-order valence-electron chi connectivity index (χ0n) is 13.3. The SMILES string of the molecule is CCCn1nc(C)c([N+](=O)[O-])c1NCC1CCCC(C)C1. The fraction of sp³-hybridized carbons (Fsp3) is 0.800. The Kier molecular flexibility index (Phi) is 5.20. The van der Waals surface area contributed by atoms with E-state index in [2.05, 4.69) is 24.3 Å². The largest absolute Gasteiger partial charge is 0.364 e. The maximum Gasteiger partial charge on any atom is 0.333 e. The first kappa shape index (κ1) is 15.8. The molecule has 118 valence electrons. The predicted octanol–water partition coefficient (Wildman–Crippen LogP) is 3.75. The molecule has 1 saturated carbocycles. The molecule has 0 amide bonds. The molecule has 1 N–H and O–H groups in total. The van der Waals surface area contributed by atoms with Crippen LogP contribution in [-0.4, -0.2) is 21.2 Å². The summed E-state index contributed by atoms with van der Waals surface area (Å²) in [4.78, 5) is 11.0. The minimum atomic E-state index is -0.319. The van der Waals surface area contributed by atoms with Crippen molar-refractivity contribution in [3.63, 3.8) is 0 Å². The summed E-state index contributed by atoms with van der Waals surface area (Å²) in [6.45, 7) is 7.56. The van der Waals surface area contributed by atoms with E-state index in [1.807, 2.05) is 0 Å². The third-order valence-corrected chi connectivity index (χ3v) is 4.32. The fourth-order valence-corrected chi connectivity index (χ4v) is 3.33. The lowest BCUT2D eigenvalue weighted by Gasteiger charge is -2.27. The van der Waals surface area contributed by atoms with Gasteiger partial charge in [-0.05, 0) is 38.0 Å². The van der Waals surface area contributed by atoms with E-state index in [1.165, 1.54) is 25.7 Å². The molecule has 0 aromatic carbocycles. The van der Waals surface area contributed by atoms with E-state index in [-0.39, 0.29) is 10.6 Å². The Morgan fingerprint density at radius 1 is 1.48 bits per heavy atom. The number of nitro groups is 1. The average molecular weight is 294 g/mol. The number of anilines is 1. The predicted molar refractivity (Wildman–Crippen MR) is 83.5 cm³/mol. The van der Waals surface area contributed by atoms with Crippen molar-refractivity contribution in [1.29, 1.82) is 0 Å². The highest BCUT2D eigenvalue weighted by Gasteiger charge is 2.26. The molecule has 1 aliphatic carbocycles. The van der Waals surface area contributed by atoms with Gasteiger partial charge in [-0.2, -0.15) is 5.10 Å². The second-order valence-corrected chi connectivity index (χ2v) is 6.28. The van der Waals surface area contributed by atoms with Gasteiger partial charge in [0.1, 0.15) is 5.69 Å². The molecule has 0 spiro atoms. The van der Waals surface area contributed by atoms with Crippen molar-refractivity contribution in [2.24, 2.45) is 11.8 Å². The summed E-state index contributed by atoms with van der Waals surface area (Å²) in [5, 5.41) is 18.9. The number of aromatic nitrogens is 2. The molecule has 1 heterocycles.